The summed E-state index contributed by atoms with van der Waals surface area (Å²) in [5.74, 6) is 0.275. The van der Waals surface area contributed by atoms with Gasteiger partial charge < -0.3 is 9.15 Å². The second-order valence-corrected chi connectivity index (χ2v) is 6.34. The summed E-state index contributed by atoms with van der Waals surface area (Å²) >= 11 is 1.68. The number of carbonyl (C=O) groups excluding carboxylic acids is 1. The van der Waals surface area contributed by atoms with Crippen molar-refractivity contribution >= 4 is 27.5 Å². The summed E-state index contributed by atoms with van der Waals surface area (Å²) in [5.41, 5.74) is 1.51. The number of hydrogen-bond donors (Lipinski definition) is 0. The lowest BCUT2D eigenvalue weighted by atomic mass is 10.2. The van der Waals surface area contributed by atoms with Crippen LogP contribution in [0.15, 0.2) is 41.0 Å². The molecule has 1 aromatic carbocycles. The van der Waals surface area contributed by atoms with Crippen LogP contribution in [0.5, 0.6) is 0 Å². The van der Waals surface area contributed by atoms with E-state index >= 15 is 0 Å². The number of carbonyl (C=O) groups is 1. The third-order valence-corrected chi connectivity index (χ3v) is 4.42. The van der Waals surface area contributed by atoms with Crippen LogP contribution < -0.4 is 0 Å². The van der Waals surface area contributed by atoms with Gasteiger partial charge in [0.15, 0.2) is 0 Å². The van der Waals surface area contributed by atoms with Gasteiger partial charge in [0.1, 0.15) is 16.3 Å². The zero-order valence-electron chi connectivity index (χ0n) is 13.1. The van der Waals surface area contributed by atoms with Crippen molar-refractivity contribution in [3.8, 4) is 0 Å². The van der Waals surface area contributed by atoms with Crippen molar-refractivity contribution in [3.05, 3.63) is 52.9 Å². The fraction of sp³-hybridized carbons (Fsp3) is 0.294. The zero-order chi connectivity index (χ0) is 16.2. The van der Waals surface area contributed by atoms with Gasteiger partial charge in [-0.2, -0.15) is 0 Å². The number of nitrogens with zero attached hydrogens (tertiary/aromatic N) is 2. The molecule has 0 fully saturated rings. The number of fused-ring (bicyclic) bond motifs is 1. The predicted octanol–water partition coefficient (Wildman–Crippen LogP) is 3.70. The Balaban J connectivity index is 1.69. The largest absolute Gasteiger partial charge is 0.467 e. The molecule has 0 N–H and O–H groups in total. The summed E-state index contributed by atoms with van der Waals surface area (Å²) in [6.07, 6.45) is 1.52. The SMILES string of the molecule is CCOC(=O)c1ccoc1CN(C)Cc1nc2ccccc2s1. The van der Waals surface area contributed by atoms with Gasteiger partial charge in [-0.05, 0) is 32.2 Å². The Kier molecular flexibility index (Phi) is 4.73. The quantitative estimate of drug-likeness (QED) is 0.645. The molecule has 0 saturated carbocycles. The van der Waals surface area contributed by atoms with Gasteiger partial charge in [-0.3, -0.25) is 4.90 Å². The summed E-state index contributed by atoms with van der Waals surface area (Å²) in [6, 6.07) is 9.74. The first-order chi connectivity index (χ1) is 11.2. The van der Waals surface area contributed by atoms with Crippen LogP contribution in [-0.4, -0.2) is 29.5 Å². The number of hydrogen-bond acceptors (Lipinski definition) is 6. The minimum Gasteiger partial charge on any atom is -0.467 e. The molecular formula is C17H18N2O3S. The maximum absolute atomic E-state index is 11.9. The van der Waals surface area contributed by atoms with Crippen LogP contribution in [0.3, 0.4) is 0 Å². The van der Waals surface area contributed by atoms with Crippen LogP contribution in [0.25, 0.3) is 10.2 Å². The fourth-order valence-corrected chi connectivity index (χ4v) is 3.42. The van der Waals surface area contributed by atoms with E-state index in [-0.39, 0.29) is 5.97 Å². The van der Waals surface area contributed by atoms with Crippen LogP contribution in [0, 0.1) is 0 Å². The Morgan fingerprint density at radius 1 is 1.30 bits per heavy atom. The third kappa shape index (κ3) is 3.60. The van der Waals surface area contributed by atoms with Crippen molar-refractivity contribution in [2.24, 2.45) is 0 Å². The highest BCUT2D eigenvalue weighted by Crippen LogP contribution is 2.23. The molecule has 0 amide bonds. The van der Waals surface area contributed by atoms with Gasteiger partial charge in [0.2, 0.25) is 0 Å². The number of aromatic nitrogens is 1. The molecule has 0 atom stereocenters. The summed E-state index contributed by atoms with van der Waals surface area (Å²) in [6.45, 7) is 3.36. The smallest absolute Gasteiger partial charge is 0.341 e. The van der Waals surface area contributed by atoms with E-state index in [4.69, 9.17) is 9.15 Å². The standard InChI is InChI=1S/C17H18N2O3S/c1-3-21-17(20)12-8-9-22-14(12)10-19(2)11-16-18-13-6-4-5-7-15(13)23-16/h4-9H,3,10-11H2,1-2H3. The van der Waals surface area contributed by atoms with Gasteiger partial charge in [0.25, 0.3) is 0 Å². The van der Waals surface area contributed by atoms with E-state index in [0.29, 0.717) is 31.0 Å². The average Bonchev–Trinajstić information content (AvgIpc) is 3.13. The normalized spacial score (nSPS) is 11.3. The Hall–Kier alpha value is -2.18. The zero-order valence-corrected chi connectivity index (χ0v) is 13.9. The molecule has 0 spiro atoms. The number of rotatable bonds is 6. The number of para-hydroxylation sites is 1. The molecule has 0 aliphatic carbocycles. The van der Waals surface area contributed by atoms with Crippen molar-refractivity contribution in [2.75, 3.05) is 13.7 Å². The monoisotopic (exact) mass is 330 g/mol. The van der Waals surface area contributed by atoms with Gasteiger partial charge in [0.05, 0.1) is 36.2 Å². The van der Waals surface area contributed by atoms with Gasteiger partial charge in [-0.1, -0.05) is 12.1 Å². The van der Waals surface area contributed by atoms with Gasteiger partial charge in [-0.25, -0.2) is 9.78 Å². The second kappa shape index (κ2) is 6.93. The van der Waals surface area contributed by atoms with Gasteiger partial charge in [-0.15, -0.1) is 11.3 Å². The number of ether oxygens (including phenoxy) is 1. The Bertz CT molecular complexity index is 776. The molecule has 120 valence electrons. The van der Waals surface area contributed by atoms with E-state index in [9.17, 15) is 4.79 Å². The maximum atomic E-state index is 11.9. The van der Waals surface area contributed by atoms with Crippen molar-refractivity contribution in [2.45, 2.75) is 20.0 Å². The summed E-state index contributed by atoms with van der Waals surface area (Å²) in [7, 11) is 1.98. The highest BCUT2D eigenvalue weighted by molar-refractivity contribution is 7.18. The van der Waals surface area contributed by atoms with Crippen molar-refractivity contribution in [3.63, 3.8) is 0 Å². The number of benzene rings is 1. The summed E-state index contributed by atoms with van der Waals surface area (Å²) in [5, 5.41) is 1.04. The van der Waals surface area contributed by atoms with Crippen molar-refractivity contribution < 1.29 is 13.9 Å². The lowest BCUT2D eigenvalue weighted by molar-refractivity contribution is 0.0522. The Morgan fingerprint density at radius 2 is 2.13 bits per heavy atom. The minimum atomic E-state index is -0.343. The highest BCUT2D eigenvalue weighted by Gasteiger charge is 2.17. The van der Waals surface area contributed by atoms with Crippen molar-refractivity contribution in [1.82, 2.24) is 9.88 Å². The fourth-order valence-electron chi connectivity index (χ4n) is 2.37. The highest BCUT2D eigenvalue weighted by atomic mass is 32.1. The Labute approximate surface area is 138 Å². The predicted molar refractivity (Wildman–Crippen MR) is 89.5 cm³/mol. The van der Waals surface area contributed by atoms with E-state index in [0.717, 1.165) is 10.5 Å². The molecule has 3 aromatic rings. The van der Waals surface area contributed by atoms with Crippen LogP contribution in [0.1, 0.15) is 28.0 Å². The number of furan rings is 1. The summed E-state index contributed by atoms with van der Waals surface area (Å²) < 4.78 is 11.7. The van der Waals surface area contributed by atoms with Crippen LogP contribution in [0.4, 0.5) is 0 Å². The van der Waals surface area contributed by atoms with Crippen LogP contribution >= 0.6 is 11.3 Å². The molecule has 6 heteroatoms. The molecule has 3 rings (SSSR count). The second-order valence-electron chi connectivity index (χ2n) is 5.23. The number of thiazole rings is 1. The molecule has 2 aromatic heterocycles. The van der Waals surface area contributed by atoms with Crippen LogP contribution in [-0.2, 0) is 17.8 Å². The molecule has 5 nitrogen and oxygen atoms in total. The molecular weight excluding hydrogens is 312 g/mol. The average molecular weight is 330 g/mol. The minimum absolute atomic E-state index is 0.343. The lowest BCUT2D eigenvalue weighted by Gasteiger charge is -2.14. The van der Waals surface area contributed by atoms with E-state index < -0.39 is 0 Å². The third-order valence-electron chi connectivity index (χ3n) is 3.40. The molecule has 2 heterocycles. The first kappa shape index (κ1) is 15.7. The Morgan fingerprint density at radius 3 is 2.91 bits per heavy atom. The topological polar surface area (TPSA) is 55.6 Å². The summed E-state index contributed by atoms with van der Waals surface area (Å²) in [4.78, 5) is 18.6. The first-order valence-electron chi connectivity index (χ1n) is 7.44. The molecule has 0 aliphatic heterocycles. The number of esters is 1. The maximum Gasteiger partial charge on any atom is 0.341 e. The van der Waals surface area contributed by atoms with Crippen LogP contribution in [0.2, 0.25) is 0 Å². The molecule has 0 radical (unpaired) electrons. The molecule has 23 heavy (non-hydrogen) atoms. The van der Waals surface area contributed by atoms with Crippen molar-refractivity contribution in [1.29, 1.82) is 0 Å². The molecule has 0 bridgehead atoms. The van der Waals surface area contributed by atoms with E-state index in [2.05, 4.69) is 16.0 Å². The molecule has 0 unspecified atom stereocenters. The van der Waals surface area contributed by atoms with E-state index in [1.54, 1.807) is 24.3 Å². The van der Waals surface area contributed by atoms with Gasteiger partial charge >= 0.3 is 5.97 Å². The van der Waals surface area contributed by atoms with Gasteiger partial charge in [0, 0.05) is 0 Å². The van der Waals surface area contributed by atoms with E-state index in [1.165, 1.54) is 11.0 Å². The van der Waals surface area contributed by atoms with E-state index in [1.807, 2.05) is 25.2 Å². The molecule has 0 aliphatic rings. The molecule has 0 saturated heterocycles. The first-order valence-corrected chi connectivity index (χ1v) is 8.25. The lowest BCUT2D eigenvalue weighted by Crippen LogP contribution is -2.18.